The molecule has 0 aliphatic heterocycles. The Morgan fingerprint density at radius 1 is 1.36 bits per heavy atom. The fourth-order valence-corrected chi connectivity index (χ4v) is 1.20. The Labute approximate surface area is 83.8 Å². The molecule has 1 aromatic rings. The van der Waals surface area contributed by atoms with Crippen LogP contribution < -0.4 is 4.65 Å². The van der Waals surface area contributed by atoms with Crippen LogP contribution in [0.5, 0.6) is 5.75 Å². The summed E-state index contributed by atoms with van der Waals surface area (Å²) in [5, 5.41) is 17.3. The van der Waals surface area contributed by atoms with Crippen molar-refractivity contribution in [2.24, 2.45) is 0 Å². The van der Waals surface area contributed by atoms with Crippen molar-refractivity contribution in [3.63, 3.8) is 0 Å². The maximum Gasteiger partial charge on any atom is 0.707 e. The zero-order valence-corrected chi connectivity index (χ0v) is 7.89. The molecule has 0 aliphatic carbocycles. The van der Waals surface area contributed by atoms with Gasteiger partial charge >= 0.3 is 7.32 Å². The van der Waals surface area contributed by atoms with Crippen molar-refractivity contribution in [3.05, 3.63) is 42.5 Å². The van der Waals surface area contributed by atoms with Crippen LogP contribution >= 0.6 is 0 Å². The number of allylic oxidation sites excluding steroid dienone is 1. The fraction of sp³-hybridized carbons (Fsp3) is 0.200. The smallest absolute Gasteiger partial charge is 0.512 e. The van der Waals surface area contributed by atoms with E-state index in [4.69, 9.17) is 14.7 Å². The van der Waals surface area contributed by atoms with Gasteiger partial charge in [-0.15, -0.1) is 6.58 Å². The maximum absolute atomic E-state index is 8.67. The van der Waals surface area contributed by atoms with Crippen molar-refractivity contribution in [3.8, 4) is 5.75 Å². The molecular formula is C10H13BO3. The van der Waals surface area contributed by atoms with E-state index in [-0.39, 0.29) is 0 Å². The molecule has 0 aromatic heterocycles. The van der Waals surface area contributed by atoms with E-state index in [1.54, 1.807) is 12.1 Å². The molecular weight excluding hydrogens is 179 g/mol. The summed E-state index contributed by atoms with van der Waals surface area (Å²) in [6.45, 7) is 3.63. The Balaban J connectivity index is 2.74. The largest absolute Gasteiger partial charge is 0.707 e. The van der Waals surface area contributed by atoms with E-state index in [2.05, 4.69) is 6.58 Å². The molecule has 0 heterocycles. The first-order chi connectivity index (χ1) is 6.74. The van der Waals surface area contributed by atoms with Crippen LogP contribution in [0.15, 0.2) is 36.9 Å². The molecule has 3 nitrogen and oxygen atoms in total. The topological polar surface area (TPSA) is 49.7 Å². The molecule has 0 fully saturated rings. The first kappa shape index (κ1) is 10.8. The summed E-state index contributed by atoms with van der Waals surface area (Å²) >= 11 is 0. The standard InChI is InChI=1S/C10H13BO3/c1-2-3-6-9-7-4-5-8-10(9)14-11(12)13/h2,4-5,7-8,12-13H,1,3,6H2. The number of benzene rings is 1. The van der Waals surface area contributed by atoms with Crippen molar-refractivity contribution in [1.82, 2.24) is 0 Å². The van der Waals surface area contributed by atoms with Crippen LogP contribution in [0, 0.1) is 0 Å². The molecule has 0 saturated carbocycles. The lowest BCUT2D eigenvalue weighted by atomic mass is 10.1. The molecule has 0 radical (unpaired) electrons. The van der Waals surface area contributed by atoms with Gasteiger partial charge in [0.15, 0.2) is 0 Å². The van der Waals surface area contributed by atoms with Gasteiger partial charge in [-0.1, -0.05) is 24.3 Å². The summed E-state index contributed by atoms with van der Waals surface area (Å²) in [4.78, 5) is 0. The number of aryl methyl sites for hydroxylation is 1. The first-order valence-corrected chi connectivity index (χ1v) is 4.45. The highest BCUT2D eigenvalue weighted by Crippen LogP contribution is 2.19. The molecule has 14 heavy (non-hydrogen) atoms. The van der Waals surface area contributed by atoms with Gasteiger partial charge in [0.05, 0.1) is 0 Å². The molecule has 2 N–H and O–H groups in total. The van der Waals surface area contributed by atoms with Gasteiger partial charge in [0.25, 0.3) is 0 Å². The Hall–Kier alpha value is -1.26. The Kier molecular flexibility index (Phi) is 4.23. The van der Waals surface area contributed by atoms with Crippen LogP contribution in [0.1, 0.15) is 12.0 Å². The third-order valence-electron chi connectivity index (χ3n) is 1.82. The predicted molar refractivity (Wildman–Crippen MR) is 55.8 cm³/mol. The fourth-order valence-electron chi connectivity index (χ4n) is 1.20. The monoisotopic (exact) mass is 192 g/mol. The van der Waals surface area contributed by atoms with Crippen molar-refractivity contribution in [2.75, 3.05) is 0 Å². The minimum atomic E-state index is -1.76. The van der Waals surface area contributed by atoms with Crippen LogP contribution in [0.25, 0.3) is 0 Å². The highest BCUT2D eigenvalue weighted by atomic mass is 16.6. The zero-order chi connectivity index (χ0) is 10.4. The van der Waals surface area contributed by atoms with Gasteiger partial charge < -0.3 is 14.7 Å². The molecule has 0 atom stereocenters. The van der Waals surface area contributed by atoms with Gasteiger partial charge in [-0.2, -0.15) is 0 Å². The van der Waals surface area contributed by atoms with E-state index in [1.807, 2.05) is 18.2 Å². The minimum absolute atomic E-state index is 0.504. The normalized spacial score (nSPS) is 9.57. The number of hydrogen-bond donors (Lipinski definition) is 2. The zero-order valence-electron chi connectivity index (χ0n) is 7.89. The average molecular weight is 192 g/mol. The first-order valence-electron chi connectivity index (χ1n) is 4.45. The van der Waals surface area contributed by atoms with Crippen LogP contribution in [0.3, 0.4) is 0 Å². The Morgan fingerprint density at radius 2 is 2.07 bits per heavy atom. The van der Waals surface area contributed by atoms with Gasteiger partial charge in [0, 0.05) is 0 Å². The van der Waals surface area contributed by atoms with E-state index in [1.165, 1.54) is 0 Å². The SMILES string of the molecule is C=CCCc1ccccc1OB(O)O. The lowest BCUT2D eigenvalue weighted by Crippen LogP contribution is -2.21. The number of para-hydroxylation sites is 1. The van der Waals surface area contributed by atoms with Gasteiger partial charge in [-0.3, -0.25) is 0 Å². The molecule has 74 valence electrons. The van der Waals surface area contributed by atoms with E-state index in [0.29, 0.717) is 5.75 Å². The maximum atomic E-state index is 8.67. The molecule has 1 rings (SSSR count). The van der Waals surface area contributed by atoms with Crippen LogP contribution in [0.2, 0.25) is 0 Å². The van der Waals surface area contributed by atoms with Gasteiger partial charge in [0.1, 0.15) is 5.75 Å². The summed E-state index contributed by atoms with van der Waals surface area (Å²) in [7, 11) is -1.76. The van der Waals surface area contributed by atoms with E-state index >= 15 is 0 Å². The number of rotatable bonds is 5. The highest BCUT2D eigenvalue weighted by molar-refractivity contribution is 6.33. The quantitative estimate of drug-likeness (QED) is 0.543. The van der Waals surface area contributed by atoms with E-state index in [9.17, 15) is 0 Å². The van der Waals surface area contributed by atoms with Crippen molar-refractivity contribution in [2.45, 2.75) is 12.8 Å². The van der Waals surface area contributed by atoms with Crippen molar-refractivity contribution >= 4 is 7.32 Å². The summed E-state index contributed by atoms with van der Waals surface area (Å²) in [6, 6.07) is 7.27. The van der Waals surface area contributed by atoms with Crippen LogP contribution in [-0.4, -0.2) is 17.4 Å². The molecule has 0 aliphatic rings. The predicted octanol–water partition coefficient (Wildman–Crippen LogP) is 1.15. The van der Waals surface area contributed by atoms with Crippen molar-refractivity contribution in [1.29, 1.82) is 0 Å². The van der Waals surface area contributed by atoms with Gasteiger partial charge in [0.2, 0.25) is 0 Å². The molecule has 4 heteroatoms. The molecule has 0 amide bonds. The van der Waals surface area contributed by atoms with Crippen molar-refractivity contribution < 1.29 is 14.7 Å². The van der Waals surface area contributed by atoms with Gasteiger partial charge in [-0.25, -0.2) is 0 Å². The minimum Gasteiger partial charge on any atom is -0.512 e. The van der Waals surface area contributed by atoms with Gasteiger partial charge in [-0.05, 0) is 24.5 Å². The summed E-state index contributed by atoms with van der Waals surface area (Å²) < 4.78 is 4.82. The molecule has 0 spiro atoms. The summed E-state index contributed by atoms with van der Waals surface area (Å²) in [6.07, 6.45) is 3.43. The Bertz CT molecular complexity index is 299. The third kappa shape index (κ3) is 3.24. The average Bonchev–Trinajstić information content (AvgIpc) is 2.16. The number of hydrogen-bond acceptors (Lipinski definition) is 3. The lowest BCUT2D eigenvalue weighted by molar-refractivity contribution is 0.287. The second-order valence-electron chi connectivity index (χ2n) is 2.88. The molecule has 1 aromatic carbocycles. The third-order valence-corrected chi connectivity index (χ3v) is 1.82. The van der Waals surface area contributed by atoms with Crippen LogP contribution in [-0.2, 0) is 6.42 Å². The second kappa shape index (κ2) is 5.47. The van der Waals surface area contributed by atoms with E-state index < -0.39 is 7.32 Å². The lowest BCUT2D eigenvalue weighted by Gasteiger charge is -2.09. The summed E-state index contributed by atoms with van der Waals surface area (Å²) in [5.41, 5.74) is 0.945. The Morgan fingerprint density at radius 3 is 2.71 bits per heavy atom. The molecule has 0 bridgehead atoms. The summed E-state index contributed by atoms with van der Waals surface area (Å²) in [5.74, 6) is 0.504. The van der Waals surface area contributed by atoms with Crippen LogP contribution in [0.4, 0.5) is 0 Å². The highest BCUT2D eigenvalue weighted by Gasteiger charge is 2.13. The van der Waals surface area contributed by atoms with E-state index in [0.717, 1.165) is 18.4 Å². The second-order valence-corrected chi connectivity index (χ2v) is 2.88. The molecule has 0 unspecified atom stereocenters. The molecule has 0 saturated heterocycles.